The maximum Gasteiger partial charge on any atom is 0.296 e. The molecule has 3 rings (SSSR count). The fourth-order valence-electron chi connectivity index (χ4n) is 2.22. The summed E-state index contributed by atoms with van der Waals surface area (Å²) in [5, 5.41) is 2.53. The first-order valence-electron chi connectivity index (χ1n) is 6.16. The van der Waals surface area contributed by atoms with Gasteiger partial charge in [-0.25, -0.2) is 4.39 Å². The lowest BCUT2D eigenvalue weighted by Gasteiger charge is -2.21. The predicted octanol–water partition coefficient (Wildman–Crippen LogP) is 3.49. The van der Waals surface area contributed by atoms with Crippen LogP contribution in [0.5, 0.6) is 0 Å². The minimum absolute atomic E-state index is 0.307. The van der Waals surface area contributed by atoms with Gasteiger partial charge in [0.2, 0.25) is 0 Å². The minimum atomic E-state index is -0.626. The number of ketones is 1. The molecule has 1 amide bonds. The molecule has 1 aliphatic rings. The molecule has 0 bridgehead atoms. The number of carbonyl (C=O) groups is 2. The van der Waals surface area contributed by atoms with Crippen molar-refractivity contribution in [2.24, 2.45) is 0 Å². The number of halogens is 2. The van der Waals surface area contributed by atoms with Gasteiger partial charge in [0.25, 0.3) is 11.7 Å². The molecule has 0 spiro atoms. The molecule has 0 saturated heterocycles. The lowest BCUT2D eigenvalue weighted by molar-refractivity contribution is -0.112. The highest BCUT2D eigenvalue weighted by atomic mass is 79.9. The van der Waals surface area contributed by atoms with Crippen LogP contribution in [-0.4, -0.2) is 18.7 Å². The Balaban J connectivity index is 2.04. The molecule has 1 aliphatic heterocycles. The zero-order chi connectivity index (χ0) is 15.1. The largest absolute Gasteiger partial charge is 0.344 e. The molecule has 1 heterocycles. The maximum atomic E-state index is 13.0. The van der Waals surface area contributed by atoms with E-state index in [0.717, 1.165) is 11.4 Å². The summed E-state index contributed by atoms with van der Waals surface area (Å²) < 4.78 is 13.7. The molecule has 0 unspecified atom stereocenters. The van der Waals surface area contributed by atoms with Gasteiger partial charge in [-0.15, -0.1) is 0 Å². The van der Waals surface area contributed by atoms with Gasteiger partial charge in [-0.1, -0.05) is 0 Å². The molecular formula is C15H10BrFN2O2. The van der Waals surface area contributed by atoms with Crippen molar-refractivity contribution in [3.63, 3.8) is 0 Å². The van der Waals surface area contributed by atoms with E-state index in [0.29, 0.717) is 15.7 Å². The number of hydrogen-bond donors (Lipinski definition) is 1. The third kappa shape index (κ3) is 2.31. The lowest BCUT2D eigenvalue weighted by Crippen LogP contribution is -2.12. The first-order chi connectivity index (χ1) is 9.97. The molecule has 0 radical (unpaired) electrons. The summed E-state index contributed by atoms with van der Waals surface area (Å²) in [5.41, 5.74) is 2.38. The molecule has 106 valence electrons. The van der Waals surface area contributed by atoms with Crippen molar-refractivity contribution in [3.8, 4) is 0 Å². The molecule has 1 N–H and O–H groups in total. The Bertz CT molecular complexity index is 759. The highest BCUT2D eigenvalue weighted by molar-refractivity contribution is 9.10. The second-order valence-electron chi connectivity index (χ2n) is 4.67. The predicted molar refractivity (Wildman–Crippen MR) is 81.6 cm³/mol. The van der Waals surface area contributed by atoms with Crippen molar-refractivity contribution in [1.29, 1.82) is 0 Å². The Morgan fingerprint density at radius 2 is 1.81 bits per heavy atom. The summed E-state index contributed by atoms with van der Waals surface area (Å²) in [5.74, 6) is -1.47. The molecule has 4 nitrogen and oxygen atoms in total. The number of rotatable bonds is 2. The Morgan fingerprint density at radius 3 is 2.48 bits per heavy atom. The second-order valence-corrected chi connectivity index (χ2v) is 5.52. The van der Waals surface area contributed by atoms with Crippen molar-refractivity contribution in [2.75, 3.05) is 17.3 Å². The van der Waals surface area contributed by atoms with E-state index in [-0.39, 0.29) is 5.82 Å². The van der Waals surface area contributed by atoms with Crippen molar-refractivity contribution >= 4 is 44.7 Å². The van der Waals surface area contributed by atoms with Gasteiger partial charge < -0.3 is 10.2 Å². The molecule has 2 aromatic rings. The number of hydrogen-bond acceptors (Lipinski definition) is 3. The summed E-state index contributed by atoms with van der Waals surface area (Å²) in [6.07, 6.45) is 0. The molecule has 6 heteroatoms. The van der Waals surface area contributed by atoms with E-state index in [2.05, 4.69) is 21.2 Å². The number of Topliss-reactive ketones (excluding diaryl/α,β-unsaturated/α-hetero) is 1. The molecule has 2 aromatic carbocycles. The van der Waals surface area contributed by atoms with Crippen LogP contribution in [0.1, 0.15) is 10.4 Å². The normalized spacial score (nSPS) is 13.1. The van der Waals surface area contributed by atoms with Gasteiger partial charge in [-0.3, -0.25) is 9.59 Å². The van der Waals surface area contributed by atoms with Crippen LogP contribution in [0.3, 0.4) is 0 Å². The summed E-state index contributed by atoms with van der Waals surface area (Å²) in [6, 6.07) is 9.38. The van der Waals surface area contributed by atoms with Crippen LogP contribution in [0.25, 0.3) is 0 Å². The van der Waals surface area contributed by atoms with Crippen LogP contribution in [0.2, 0.25) is 0 Å². The van der Waals surface area contributed by atoms with Crippen LogP contribution in [0.15, 0.2) is 40.9 Å². The number of amides is 1. The Hall–Kier alpha value is -2.21. The van der Waals surface area contributed by atoms with Crippen LogP contribution in [0, 0.1) is 5.82 Å². The number of nitrogens with zero attached hydrogens (tertiary/aromatic N) is 1. The summed E-state index contributed by atoms with van der Waals surface area (Å²) in [4.78, 5) is 24.9. The SMILES string of the molecule is CN(c1ccc(F)cc1)c1cc2c(cc1Br)C(=O)C(=O)N2. The standard InChI is InChI=1S/C15H10BrFN2O2/c1-19(9-4-2-8(17)3-5-9)13-7-12-10(6-11(13)16)14(20)15(21)18-12/h2-7H,1H3,(H,18,20,21). The molecule has 21 heavy (non-hydrogen) atoms. The van der Waals surface area contributed by atoms with Crippen molar-refractivity contribution < 1.29 is 14.0 Å². The van der Waals surface area contributed by atoms with Crippen LogP contribution in [-0.2, 0) is 4.79 Å². The fourth-order valence-corrected chi connectivity index (χ4v) is 2.82. The Labute approximate surface area is 128 Å². The van der Waals surface area contributed by atoms with E-state index in [9.17, 15) is 14.0 Å². The number of carbonyl (C=O) groups excluding carboxylic acids is 2. The van der Waals surface area contributed by atoms with Crippen molar-refractivity contribution in [3.05, 3.63) is 52.3 Å². The monoisotopic (exact) mass is 348 g/mol. The van der Waals surface area contributed by atoms with Crippen molar-refractivity contribution in [1.82, 2.24) is 0 Å². The third-order valence-corrected chi connectivity index (χ3v) is 4.00. The number of nitrogens with one attached hydrogen (secondary N) is 1. The third-order valence-electron chi connectivity index (χ3n) is 3.36. The van der Waals surface area contributed by atoms with Gasteiger partial charge in [0, 0.05) is 17.2 Å². The van der Waals surface area contributed by atoms with E-state index in [4.69, 9.17) is 0 Å². The number of anilines is 3. The topological polar surface area (TPSA) is 49.4 Å². The zero-order valence-corrected chi connectivity index (χ0v) is 12.6. The molecular weight excluding hydrogens is 339 g/mol. The molecule has 0 aliphatic carbocycles. The fraction of sp³-hybridized carbons (Fsp3) is 0.0667. The molecule has 0 atom stereocenters. The van der Waals surface area contributed by atoms with Gasteiger partial charge in [-0.2, -0.15) is 0 Å². The first-order valence-corrected chi connectivity index (χ1v) is 6.95. The van der Waals surface area contributed by atoms with E-state index < -0.39 is 11.7 Å². The maximum absolute atomic E-state index is 13.0. The Morgan fingerprint density at radius 1 is 1.14 bits per heavy atom. The number of fused-ring (bicyclic) bond motifs is 1. The van der Waals surface area contributed by atoms with Gasteiger partial charge in [0.05, 0.1) is 16.9 Å². The first kappa shape index (κ1) is 13.8. The van der Waals surface area contributed by atoms with E-state index in [1.54, 1.807) is 24.3 Å². The smallest absolute Gasteiger partial charge is 0.296 e. The highest BCUT2D eigenvalue weighted by Crippen LogP contribution is 2.37. The van der Waals surface area contributed by atoms with Gasteiger partial charge in [0.1, 0.15) is 5.82 Å². The van der Waals surface area contributed by atoms with Gasteiger partial charge >= 0.3 is 0 Å². The zero-order valence-electron chi connectivity index (χ0n) is 11.0. The van der Waals surface area contributed by atoms with Crippen LogP contribution in [0.4, 0.5) is 21.5 Å². The Kier molecular flexibility index (Phi) is 3.25. The highest BCUT2D eigenvalue weighted by Gasteiger charge is 2.29. The quantitative estimate of drug-likeness (QED) is 0.845. The molecule has 0 aromatic heterocycles. The average Bonchev–Trinajstić information content (AvgIpc) is 2.73. The van der Waals surface area contributed by atoms with E-state index >= 15 is 0 Å². The van der Waals surface area contributed by atoms with Crippen LogP contribution < -0.4 is 10.2 Å². The molecule has 0 saturated carbocycles. The summed E-state index contributed by atoms with van der Waals surface area (Å²) >= 11 is 3.40. The summed E-state index contributed by atoms with van der Waals surface area (Å²) in [6.45, 7) is 0. The minimum Gasteiger partial charge on any atom is -0.344 e. The number of benzene rings is 2. The van der Waals surface area contributed by atoms with Gasteiger partial charge in [-0.05, 0) is 52.3 Å². The van der Waals surface area contributed by atoms with E-state index in [1.807, 2.05) is 11.9 Å². The summed E-state index contributed by atoms with van der Waals surface area (Å²) in [7, 11) is 1.82. The average molecular weight is 349 g/mol. The van der Waals surface area contributed by atoms with Gasteiger partial charge in [0.15, 0.2) is 0 Å². The molecule has 0 fully saturated rings. The van der Waals surface area contributed by atoms with Crippen LogP contribution >= 0.6 is 15.9 Å². The second kappa shape index (κ2) is 4.96. The van der Waals surface area contributed by atoms with Crippen molar-refractivity contribution in [2.45, 2.75) is 0 Å². The van der Waals surface area contributed by atoms with E-state index in [1.165, 1.54) is 12.1 Å². The lowest BCUT2D eigenvalue weighted by atomic mass is 10.1.